The van der Waals surface area contributed by atoms with Gasteiger partial charge in [0.15, 0.2) is 5.11 Å². The predicted molar refractivity (Wildman–Crippen MR) is 98.0 cm³/mol. The predicted octanol–water partition coefficient (Wildman–Crippen LogP) is 1.68. The second kappa shape index (κ2) is 8.74. The number of piperidine rings is 1. The lowest BCUT2D eigenvalue weighted by Crippen LogP contribution is -3.14. The van der Waals surface area contributed by atoms with Gasteiger partial charge in [-0.25, -0.2) is 4.39 Å². The van der Waals surface area contributed by atoms with Crippen LogP contribution in [0, 0.1) is 5.82 Å². The van der Waals surface area contributed by atoms with Crippen molar-refractivity contribution in [1.82, 2.24) is 4.90 Å². The summed E-state index contributed by atoms with van der Waals surface area (Å²) in [6.45, 7) is 6.19. The number of nitrogens with zero attached hydrogens (tertiary/aromatic N) is 1. The summed E-state index contributed by atoms with van der Waals surface area (Å²) in [7, 11) is 0. The van der Waals surface area contributed by atoms with Gasteiger partial charge in [-0.3, -0.25) is 0 Å². The van der Waals surface area contributed by atoms with Crippen molar-refractivity contribution in [3.05, 3.63) is 30.1 Å². The molecule has 1 aromatic rings. The van der Waals surface area contributed by atoms with Gasteiger partial charge >= 0.3 is 0 Å². The van der Waals surface area contributed by atoms with Gasteiger partial charge in [0.25, 0.3) is 0 Å². The molecule has 0 amide bonds. The number of hydrogen-bond acceptors (Lipinski definition) is 2. The van der Waals surface area contributed by atoms with Crippen molar-refractivity contribution in [2.24, 2.45) is 0 Å². The summed E-state index contributed by atoms with van der Waals surface area (Å²) in [5, 5.41) is 4.04. The maximum absolute atomic E-state index is 13.0. The molecule has 2 aliphatic rings. The van der Waals surface area contributed by atoms with Crippen molar-refractivity contribution < 1.29 is 14.0 Å². The van der Waals surface area contributed by atoms with Crippen LogP contribution in [-0.2, 0) is 4.74 Å². The molecule has 2 heterocycles. The summed E-state index contributed by atoms with van der Waals surface area (Å²) >= 11 is 5.63. The third-order valence-corrected chi connectivity index (χ3v) is 5.35. The van der Waals surface area contributed by atoms with Gasteiger partial charge in [0.05, 0.1) is 19.8 Å². The number of anilines is 1. The number of benzene rings is 1. The number of thiocarbonyl (C=S) groups is 1. The van der Waals surface area contributed by atoms with Crippen LogP contribution in [0.25, 0.3) is 0 Å². The monoisotopic (exact) mass is 352 g/mol. The van der Waals surface area contributed by atoms with Crippen LogP contribution in [0.2, 0.25) is 0 Å². The van der Waals surface area contributed by atoms with Crippen LogP contribution >= 0.6 is 12.2 Å². The fourth-order valence-electron chi connectivity index (χ4n) is 3.58. The minimum atomic E-state index is -0.226. The van der Waals surface area contributed by atoms with E-state index in [0.717, 1.165) is 43.6 Å². The Morgan fingerprint density at radius 1 is 1.25 bits per heavy atom. The van der Waals surface area contributed by atoms with E-state index in [1.807, 2.05) is 0 Å². The van der Waals surface area contributed by atoms with Gasteiger partial charge in [0.2, 0.25) is 0 Å². The van der Waals surface area contributed by atoms with Gasteiger partial charge in [-0.2, -0.15) is 0 Å². The fraction of sp³-hybridized carbons (Fsp3) is 0.611. The number of rotatable bonds is 4. The zero-order valence-electron chi connectivity index (χ0n) is 14.1. The Morgan fingerprint density at radius 3 is 2.75 bits per heavy atom. The zero-order valence-corrected chi connectivity index (χ0v) is 14.9. The van der Waals surface area contributed by atoms with E-state index in [1.165, 1.54) is 44.4 Å². The van der Waals surface area contributed by atoms with E-state index < -0.39 is 0 Å². The summed E-state index contributed by atoms with van der Waals surface area (Å²) < 4.78 is 18.5. The lowest BCUT2D eigenvalue weighted by Gasteiger charge is -2.38. The van der Waals surface area contributed by atoms with E-state index in [9.17, 15) is 4.39 Å². The summed E-state index contributed by atoms with van der Waals surface area (Å²) in [5.41, 5.74) is 0.851. The van der Waals surface area contributed by atoms with Crippen molar-refractivity contribution in [3.8, 4) is 0 Å². The Labute approximate surface area is 149 Å². The molecule has 1 aromatic carbocycles. The summed E-state index contributed by atoms with van der Waals surface area (Å²) in [6, 6.07) is 6.90. The summed E-state index contributed by atoms with van der Waals surface area (Å²) in [5.74, 6) is -0.226. The molecule has 6 heteroatoms. The number of quaternary nitrogens is 1. The summed E-state index contributed by atoms with van der Waals surface area (Å²) in [4.78, 5) is 3.98. The smallest absolute Gasteiger partial charge is 0.173 e. The second-order valence-corrected chi connectivity index (χ2v) is 7.07. The quantitative estimate of drug-likeness (QED) is 0.807. The van der Waals surface area contributed by atoms with E-state index in [1.54, 1.807) is 17.0 Å². The Bertz CT molecular complexity index is 534. The molecule has 0 bridgehead atoms. The highest BCUT2D eigenvalue weighted by Gasteiger charge is 2.26. The molecule has 3 rings (SSSR count). The van der Waals surface area contributed by atoms with Crippen LogP contribution in [-0.4, -0.2) is 55.4 Å². The van der Waals surface area contributed by atoms with Crippen molar-refractivity contribution in [2.45, 2.75) is 31.7 Å². The van der Waals surface area contributed by atoms with Gasteiger partial charge in [-0.15, -0.1) is 0 Å². The highest BCUT2D eigenvalue weighted by molar-refractivity contribution is 7.80. The van der Waals surface area contributed by atoms with Gasteiger partial charge in [0.1, 0.15) is 18.9 Å². The molecular formula is C18H27FN3OS+. The number of likely N-dealkylation sites (tertiary alicyclic amines) is 1. The molecule has 2 aliphatic heterocycles. The second-order valence-electron chi connectivity index (χ2n) is 6.68. The normalized spacial score (nSPS) is 22.4. The Hall–Kier alpha value is -1.24. The molecule has 24 heavy (non-hydrogen) atoms. The standard InChI is InChI=1S/C18H26FN3OS/c19-15-4-6-16(7-5-15)20-18(24)22-9-2-1-3-17(22)8-10-21-11-13-23-14-12-21/h4-7,17H,1-3,8-14H2,(H,20,24)/p+1/t17-/m1/s1. The first-order valence-corrected chi connectivity index (χ1v) is 9.38. The van der Waals surface area contributed by atoms with E-state index in [2.05, 4.69) is 10.2 Å². The highest BCUT2D eigenvalue weighted by atomic mass is 32.1. The average molecular weight is 352 g/mol. The van der Waals surface area contributed by atoms with Crippen LogP contribution in [0.15, 0.2) is 24.3 Å². The van der Waals surface area contributed by atoms with Gasteiger partial charge in [-0.1, -0.05) is 0 Å². The first kappa shape index (κ1) is 17.6. The number of halogens is 1. The van der Waals surface area contributed by atoms with Crippen LogP contribution in [0.3, 0.4) is 0 Å². The third kappa shape index (κ3) is 4.88. The average Bonchev–Trinajstić information content (AvgIpc) is 2.63. The molecule has 0 saturated carbocycles. The zero-order chi connectivity index (χ0) is 16.8. The van der Waals surface area contributed by atoms with Crippen molar-refractivity contribution in [2.75, 3.05) is 44.7 Å². The number of nitrogens with one attached hydrogen (secondary N) is 2. The number of morpholine rings is 1. The number of hydrogen-bond donors (Lipinski definition) is 2. The Balaban J connectivity index is 1.54. The maximum Gasteiger partial charge on any atom is 0.173 e. The molecule has 0 radical (unpaired) electrons. The SMILES string of the molecule is Fc1ccc(NC(=S)N2CCCC[C@@H]2CC[NH+]2CCOCC2)cc1. The Morgan fingerprint density at radius 2 is 2.00 bits per heavy atom. The van der Waals surface area contributed by atoms with Crippen molar-refractivity contribution in [1.29, 1.82) is 0 Å². The molecule has 132 valence electrons. The highest BCUT2D eigenvalue weighted by Crippen LogP contribution is 2.21. The van der Waals surface area contributed by atoms with Crippen LogP contribution < -0.4 is 10.2 Å². The van der Waals surface area contributed by atoms with E-state index >= 15 is 0 Å². The largest absolute Gasteiger partial charge is 0.370 e. The van der Waals surface area contributed by atoms with Crippen LogP contribution in [0.4, 0.5) is 10.1 Å². The fourth-order valence-corrected chi connectivity index (χ4v) is 3.94. The maximum atomic E-state index is 13.0. The molecule has 2 fully saturated rings. The molecule has 0 unspecified atom stereocenters. The van der Waals surface area contributed by atoms with Crippen molar-refractivity contribution >= 4 is 23.0 Å². The Kier molecular flexibility index (Phi) is 6.40. The third-order valence-electron chi connectivity index (χ3n) is 5.01. The number of ether oxygens (including phenoxy) is 1. The van der Waals surface area contributed by atoms with Gasteiger partial charge < -0.3 is 19.9 Å². The van der Waals surface area contributed by atoms with E-state index in [-0.39, 0.29) is 5.82 Å². The molecule has 1 atom stereocenters. The summed E-state index contributed by atoms with van der Waals surface area (Å²) in [6.07, 6.45) is 4.83. The molecule has 4 nitrogen and oxygen atoms in total. The molecule has 0 aliphatic carbocycles. The molecule has 0 spiro atoms. The van der Waals surface area contributed by atoms with Gasteiger partial charge in [-0.05, 0) is 55.7 Å². The molecule has 0 aromatic heterocycles. The van der Waals surface area contributed by atoms with E-state index in [4.69, 9.17) is 17.0 Å². The first-order valence-electron chi connectivity index (χ1n) is 8.97. The minimum absolute atomic E-state index is 0.226. The lowest BCUT2D eigenvalue weighted by atomic mass is 9.99. The molecule has 2 saturated heterocycles. The lowest BCUT2D eigenvalue weighted by molar-refractivity contribution is -0.908. The van der Waals surface area contributed by atoms with E-state index in [0.29, 0.717) is 6.04 Å². The van der Waals surface area contributed by atoms with Crippen LogP contribution in [0.5, 0.6) is 0 Å². The topological polar surface area (TPSA) is 28.9 Å². The van der Waals surface area contributed by atoms with Crippen molar-refractivity contribution in [3.63, 3.8) is 0 Å². The molecular weight excluding hydrogens is 325 g/mol. The first-order chi connectivity index (χ1) is 11.7. The van der Waals surface area contributed by atoms with Crippen LogP contribution in [0.1, 0.15) is 25.7 Å². The minimum Gasteiger partial charge on any atom is -0.370 e. The van der Waals surface area contributed by atoms with Gasteiger partial charge in [0, 0.05) is 24.7 Å². The molecule has 2 N–H and O–H groups in total.